The number of hydrazone groups is 1. The number of amides is 2. The van der Waals surface area contributed by atoms with E-state index in [1.165, 1.54) is 13.3 Å². The zero-order chi connectivity index (χ0) is 26.6. The van der Waals surface area contributed by atoms with E-state index >= 15 is 0 Å². The van der Waals surface area contributed by atoms with Crippen molar-refractivity contribution in [1.29, 1.82) is 0 Å². The number of nitrogens with one attached hydrogen (secondary N) is 2. The SMILES string of the molecule is CCCOc1ccc(C(=O)NCC(=O)N/N=C/c2ccc(OC(=O)c3cccc(Br)c3)c(OC)c2)cc1. The van der Waals surface area contributed by atoms with Crippen molar-refractivity contribution in [1.82, 2.24) is 10.7 Å². The molecule has 0 spiro atoms. The number of rotatable bonds is 11. The second kappa shape index (κ2) is 13.8. The first-order chi connectivity index (χ1) is 17.9. The first kappa shape index (κ1) is 27.4. The Labute approximate surface area is 222 Å². The fourth-order valence-corrected chi connectivity index (χ4v) is 3.43. The minimum absolute atomic E-state index is 0.237. The smallest absolute Gasteiger partial charge is 0.343 e. The molecule has 0 aliphatic rings. The molecule has 0 radical (unpaired) electrons. The molecule has 0 aromatic heterocycles. The van der Waals surface area contributed by atoms with Crippen LogP contribution in [-0.4, -0.2) is 44.3 Å². The topological polar surface area (TPSA) is 115 Å². The van der Waals surface area contributed by atoms with Crippen LogP contribution in [0.15, 0.2) is 76.3 Å². The van der Waals surface area contributed by atoms with Crippen LogP contribution in [0.1, 0.15) is 39.6 Å². The van der Waals surface area contributed by atoms with E-state index in [-0.39, 0.29) is 18.2 Å². The van der Waals surface area contributed by atoms with Crippen LogP contribution in [0.4, 0.5) is 0 Å². The number of halogens is 1. The minimum Gasteiger partial charge on any atom is -0.494 e. The summed E-state index contributed by atoms with van der Waals surface area (Å²) in [6.07, 6.45) is 2.29. The number of hydrogen-bond acceptors (Lipinski definition) is 7. The van der Waals surface area contributed by atoms with Gasteiger partial charge in [-0.3, -0.25) is 9.59 Å². The summed E-state index contributed by atoms with van der Waals surface area (Å²) >= 11 is 3.32. The fourth-order valence-electron chi connectivity index (χ4n) is 3.03. The molecule has 3 rings (SSSR count). The van der Waals surface area contributed by atoms with Crippen molar-refractivity contribution < 1.29 is 28.6 Å². The lowest BCUT2D eigenvalue weighted by Gasteiger charge is -2.10. The van der Waals surface area contributed by atoms with Crippen molar-refractivity contribution in [3.05, 3.63) is 87.9 Å². The molecule has 0 fully saturated rings. The quantitative estimate of drug-likeness (QED) is 0.154. The second-order valence-electron chi connectivity index (χ2n) is 7.66. The van der Waals surface area contributed by atoms with E-state index in [4.69, 9.17) is 14.2 Å². The molecule has 192 valence electrons. The molecule has 2 amide bonds. The summed E-state index contributed by atoms with van der Waals surface area (Å²) in [6.45, 7) is 2.36. The molecule has 37 heavy (non-hydrogen) atoms. The van der Waals surface area contributed by atoms with Gasteiger partial charge < -0.3 is 19.5 Å². The molecule has 0 saturated carbocycles. The second-order valence-corrected chi connectivity index (χ2v) is 8.57. The first-order valence-corrected chi connectivity index (χ1v) is 12.2. The van der Waals surface area contributed by atoms with Crippen molar-refractivity contribution in [2.24, 2.45) is 5.10 Å². The van der Waals surface area contributed by atoms with E-state index in [0.29, 0.717) is 34.8 Å². The Morgan fingerprint density at radius 3 is 2.46 bits per heavy atom. The molecule has 10 heteroatoms. The van der Waals surface area contributed by atoms with Gasteiger partial charge >= 0.3 is 5.97 Å². The molecule has 0 bridgehead atoms. The Kier molecular flexibility index (Phi) is 10.2. The Morgan fingerprint density at radius 1 is 0.973 bits per heavy atom. The zero-order valence-electron chi connectivity index (χ0n) is 20.3. The van der Waals surface area contributed by atoms with Crippen LogP contribution in [0, 0.1) is 0 Å². The highest BCUT2D eigenvalue weighted by atomic mass is 79.9. The number of benzene rings is 3. The average molecular weight is 568 g/mol. The molecular formula is C27H26BrN3O6. The van der Waals surface area contributed by atoms with E-state index in [2.05, 4.69) is 31.8 Å². The first-order valence-electron chi connectivity index (χ1n) is 11.4. The molecule has 0 aliphatic carbocycles. The standard InChI is InChI=1S/C27H26BrN3O6/c1-3-13-36-22-10-8-19(9-11-22)26(33)29-17-25(32)31-30-16-18-7-12-23(24(14-18)35-2)37-27(34)20-5-4-6-21(28)15-20/h4-12,14-16H,3,13,17H2,1-2H3,(H,29,33)(H,31,32)/b30-16+. The Hall–Kier alpha value is -4.18. The van der Waals surface area contributed by atoms with Gasteiger partial charge in [0.15, 0.2) is 11.5 Å². The van der Waals surface area contributed by atoms with Gasteiger partial charge in [0.1, 0.15) is 5.75 Å². The van der Waals surface area contributed by atoms with Gasteiger partial charge in [-0.15, -0.1) is 0 Å². The number of carbonyl (C=O) groups excluding carboxylic acids is 3. The summed E-state index contributed by atoms with van der Waals surface area (Å²) in [4.78, 5) is 36.7. The monoisotopic (exact) mass is 567 g/mol. The lowest BCUT2D eigenvalue weighted by Crippen LogP contribution is -2.34. The molecule has 0 heterocycles. The van der Waals surface area contributed by atoms with Gasteiger partial charge in [-0.25, -0.2) is 10.2 Å². The van der Waals surface area contributed by atoms with Gasteiger partial charge in [0, 0.05) is 10.0 Å². The van der Waals surface area contributed by atoms with Crippen LogP contribution >= 0.6 is 15.9 Å². The summed E-state index contributed by atoms with van der Waals surface area (Å²) < 4.78 is 17.0. The van der Waals surface area contributed by atoms with Crippen molar-refractivity contribution in [3.8, 4) is 17.2 Å². The molecule has 3 aromatic carbocycles. The highest BCUT2D eigenvalue weighted by molar-refractivity contribution is 9.10. The molecule has 2 N–H and O–H groups in total. The highest BCUT2D eigenvalue weighted by Crippen LogP contribution is 2.28. The molecule has 9 nitrogen and oxygen atoms in total. The predicted octanol–water partition coefficient (Wildman–Crippen LogP) is 4.35. The van der Waals surface area contributed by atoms with E-state index in [9.17, 15) is 14.4 Å². The maximum atomic E-state index is 12.4. The number of hydrogen-bond donors (Lipinski definition) is 2. The van der Waals surface area contributed by atoms with E-state index < -0.39 is 11.9 Å². The van der Waals surface area contributed by atoms with Crippen molar-refractivity contribution in [2.45, 2.75) is 13.3 Å². The normalized spacial score (nSPS) is 10.6. The van der Waals surface area contributed by atoms with Gasteiger partial charge in [0.2, 0.25) is 0 Å². The van der Waals surface area contributed by atoms with Gasteiger partial charge in [-0.2, -0.15) is 5.10 Å². The van der Waals surface area contributed by atoms with Crippen LogP contribution in [-0.2, 0) is 4.79 Å². The highest BCUT2D eigenvalue weighted by Gasteiger charge is 2.13. The summed E-state index contributed by atoms with van der Waals surface area (Å²) in [6, 6.07) is 18.3. The van der Waals surface area contributed by atoms with Gasteiger partial charge in [0.25, 0.3) is 11.8 Å². The number of esters is 1. The Morgan fingerprint density at radius 2 is 1.76 bits per heavy atom. The van der Waals surface area contributed by atoms with Crippen LogP contribution in [0.25, 0.3) is 0 Å². The summed E-state index contributed by atoms with van der Waals surface area (Å²) in [5, 5.41) is 6.43. The third-order valence-corrected chi connectivity index (χ3v) is 5.35. The van der Waals surface area contributed by atoms with E-state index in [0.717, 1.165) is 10.9 Å². The van der Waals surface area contributed by atoms with Crippen LogP contribution in [0.3, 0.4) is 0 Å². The molecule has 0 saturated heterocycles. The lowest BCUT2D eigenvalue weighted by molar-refractivity contribution is -0.120. The van der Waals surface area contributed by atoms with Crippen molar-refractivity contribution in [2.75, 3.05) is 20.3 Å². The lowest BCUT2D eigenvalue weighted by atomic mass is 10.2. The molecule has 3 aromatic rings. The van der Waals surface area contributed by atoms with Crippen molar-refractivity contribution >= 4 is 39.9 Å². The largest absolute Gasteiger partial charge is 0.494 e. The summed E-state index contributed by atoms with van der Waals surface area (Å²) in [7, 11) is 1.45. The minimum atomic E-state index is -0.531. The maximum Gasteiger partial charge on any atom is 0.343 e. The average Bonchev–Trinajstić information content (AvgIpc) is 2.91. The number of carbonyl (C=O) groups is 3. The third kappa shape index (κ3) is 8.46. The molecule has 0 unspecified atom stereocenters. The van der Waals surface area contributed by atoms with Crippen LogP contribution < -0.4 is 25.0 Å². The summed E-state index contributed by atoms with van der Waals surface area (Å²) in [5.41, 5.74) is 3.73. The van der Waals surface area contributed by atoms with E-state index in [1.54, 1.807) is 66.7 Å². The number of nitrogens with zero attached hydrogens (tertiary/aromatic N) is 1. The predicted molar refractivity (Wildman–Crippen MR) is 142 cm³/mol. The van der Waals surface area contributed by atoms with Crippen LogP contribution in [0.2, 0.25) is 0 Å². The maximum absolute atomic E-state index is 12.4. The van der Waals surface area contributed by atoms with E-state index in [1.807, 2.05) is 6.92 Å². The van der Waals surface area contributed by atoms with Crippen molar-refractivity contribution in [3.63, 3.8) is 0 Å². The number of methoxy groups -OCH3 is 1. The fraction of sp³-hybridized carbons (Fsp3) is 0.185. The Bertz CT molecular complexity index is 1280. The zero-order valence-corrected chi connectivity index (χ0v) is 21.9. The molecule has 0 atom stereocenters. The molecular weight excluding hydrogens is 542 g/mol. The van der Waals surface area contributed by atoms with Crippen LogP contribution in [0.5, 0.6) is 17.2 Å². The number of ether oxygens (including phenoxy) is 3. The van der Waals surface area contributed by atoms with Gasteiger partial charge in [-0.05, 0) is 72.6 Å². The third-order valence-electron chi connectivity index (χ3n) is 4.85. The summed E-state index contributed by atoms with van der Waals surface area (Å²) in [5.74, 6) is -0.190. The van der Waals surface area contributed by atoms with Gasteiger partial charge in [0.05, 0.1) is 32.0 Å². The van der Waals surface area contributed by atoms with Gasteiger partial charge in [-0.1, -0.05) is 28.9 Å². The Balaban J connectivity index is 1.50. The molecule has 0 aliphatic heterocycles.